The first-order valence-electron chi connectivity index (χ1n) is 4.44. The molecule has 0 aliphatic rings. The Labute approximate surface area is 79.7 Å². The molecular weight excluding hydrogens is 164 g/mol. The van der Waals surface area contributed by atoms with Crippen LogP contribution in [0.3, 0.4) is 0 Å². The van der Waals surface area contributed by atoms with Crippen LogP contribution in [0.4, 0.5) is 0 Å². The molecule has 0 saturated carbocycles. The summed E-state index contributed by atoms with van der Waals surface area (Å²) in [6.45, 7) is 6.39. The Balaban J connectivity index is 3.75. The van der Waals surface area contributed by atoms with Crippen molar-refractivity contribution in [2.75, 3.05) is 13.1 Å². The molecule has 0 spiro atoms. The zero-order valence-corrected chi connectivity index (χ0v) is 8.18. The molecule has 74 valence electrons. The van der Waals surface area contributed by atoms with Gasteiger partial charge in [-0.3, -0.25) is 4.79 Å². The van der Waals surface area contributed by atoms with Gasteiger partial charge in [0.2, 0.25) is 5.91 Å². The van der Waals surface area contributed by atoms with Gasteiger partial charge in [0, 0.05) is 20.0 Å². The van der Waals surface area contributed by atoms with Crippen molar-refractivity contribution in [1.29, 1.82) is 0 Å². The van der Waals surface area contributed by atoms with E-state index in [2.05, 4.69) is 11.9 Å². The summed E-state index contributed by atoms with van der Waals surface area (Å²) in [6.07, 6.45) is 5.51. The Kier molecular flexibility index (Phi) is 6.92. The first kappa shape index (κ1) is 11.9. The van der Waals surface area contributed by atoms with Crippen LogP contribution in [-0.2, 0) is 4.79 Å². The number of nitrogens with one attached hydrogen (secondary N) is 1. The summed E-state index contributed by atoms with van der Waals surface area (Å²) in [5.74, 6) is 0.00528. The summed E-state index contributed by atoms with van der Waals surface area (Å²) >= 11 is 0. The van der Waals surface area contributed by atoms with Gasteiger partial charge < -0.3 is 11.1 Å². The van der Waals surface area contributed by atoms with Gasteiger partial charge in [-0.25, -0.2) is 0 Å². The number of amides is 1. The molecule has 1 amide bonds. The highest BCUT2D eigenvalue weighted by Crippen LogP contribution is 2.05. The fourth-order valence-corrected chi connectivity index (χ4v) is 1.04. The van der Waals surface area contributed by atoms with E-state index in [1.807, 2.05) is 12.2 Å². The number of nitrogens with two attached hydrogens (primary N) is 1. The van der Waals surface area contributed by atoms with Gasteiger partial charge in [0.1, 0.15) is 0 Å². The highest BCUT2D eigenvalue weighted by atomic mass is 16.1. The highest BCUT2D eigenvalue weighted by molar-refractivity contribution is 5.72. The van der Waals surface area contributed by atoms with Crippen LogP contribution in [-0.4, -0.2) is 19.0 Å². The third kappa shape index (κ3) is 7.28. The van der Waals surface area contributed by atoms with Crippen LogP contribution in [0.2, 0.25) is 0 Å². The molecule has 0 aromatic heterocycles. The molecule has 0 aliphatic heterocycles. The third-order valence-corrected chi connectivity index (χ3v) is 1.63. The topological polar surface area (TPSA) is 55.1 Å². The van der Waals surface area contributed by atoms with Gasteiger partial charge in [0.15, 0.2) is 0 Å². The van der Waals surface area contributed by atoms with E-state index in [0.29, 0.717) is 13.1 Å². The predicted molar refractivity (Wildman–Crippen MR) is 55.3 cm³/mol. The molecule has 3 N–H and O–H groups in total. The maximum absolute atomic E-state index is 10.6. The number of hydrogen-bond acceptors (Lipinski definition) is 2. The van der Waals surface area contributed by atoms with Gasteiger partial charge >= 0.3 is 0 Å². The normalized spacial score (nSPS) is 11.1. The number of rotatable bonds is 6. The van der Waals surface area contributed by atoms with Crippen LogP contribution in [0.25, 0.3) is 0 Å². The van der Waals surface area contributed by atoms with Crippen molar-refractivity contribution in [3.8, 4) is 0 Å². The van der Waals surface area contributed by atoms with E-state index in [-0.39, 0.29) is 5.91 Å². The quantitative estimate of drug-likeness (QED) is 0.601. The summed E-state index contributed by atoms with van der Waals surface area (Å²) in [5, 5.41) is 2.74. The van der Waals surface area contributed by atoms with Crippen molar-refractivity contribution in [3.63, 3.8) is 0 Å². The molecule has 0 bridgehead atoms. The SMILES string of the molecule is C=CC/C(=C\CN)CCNC(C)=O. The molecule has 0 atom stereocenters. The van der Waals surface area contributed by atoms with E-state index in [0.717, 1.165) is 12.8 Å². The van der Waals surface area contributed by atoms with E-state index in [1.54, 1.807) is 0 Å². The first-order chi connectivity index (χ1) is 6.20. The lowest BCUT2D eigenvalue weighted by Crippen LogP contribution is -2.21. The smallest absolute Gasteiger partial charge is 0.216 e. The maximum atomic E-state index is 10.6. The fraction of sp³-hybridized carbons (Fsp3) is 0.500. The predicted octanol–water partition coefficient (Wildman–Crippen LogP) is 0.974. The van der Waals surface area contributed by atoms with Crippen molar-refractivity contribution in [3.05, 3.63) is 24.3 Å². The van der Waals surface area contributed by atoms with Crippen LogP contribution >= 0.6 is 0 Å². The lowest BCUT2D eigenvalue weighted by Gasteiger charge is -2.04. The molecule has 0 aromatic rings. The van der Waals surface area contributed by atoms with Crippen molar-refractivity contribution >= 4 is 5.91 Å². The lowest BCUT2D eigenvalue weighted by atomic mass is 10.1. The molecule has 3 heteroatoms. The monoisotopic (exact) mass is 182 g/mol. The molecule has 0 fully saturated rings. The first-order valence-corrected chi connectivity index (χ1v) is 4.44. The molecule has 0 aromatic carbocycles. The van der Waals surface area contributed by atoms with Crippen molar-refractivity contribution in [2.24, 2.45) is 5.73 Å². The lowest BCUT2D eigenvalue weighted by molar-refractivity contribution is -0.118. The summed E-state index contributed by atoms with van der Waals surface area (Å²) in [4.78, 5) is 10.6. The van der Waals surface area contributed by atoms with Crippen molar-refractivity contribution < 1.29 is 4.79 Å². The molecule has 3 nitrogen and oxygen atoms in total. The molecule has 0 aliphatic carbocycles. The molecule has 0 saturated heterocycles. The van der Waals surface area contributed by atoms with Crippen LogP contribution in [0.1, 0.15) is 19.8 Å². The van der Waals surface area contributed by atoms with E-state index >= 15 is 0 Å². The number of carbonyl (C=O) groups excluding carboxylic acids is 1. The van der Waals surface area contributed by atoms with Crippen LogP contribution in [0.15, 0.2) is 24.3 Å². The van der Waals surface area contributed by atoms with Crippen molar-refractivity contribution in [1.82, 2.24) is 5.32 Å². The van der Waals surface area contributed by atoms with Crippen LogP contribution in [0.5, 0.6) is 0 Å². The minimum Gasteiger partial charge on any atom is -0.356 e. The van der Waals surface area contributed by atoms with Gasteiger partial charge in [-0.15, -0.1) is 6.58 Å². The average Bonchev–Trinajstić information content (AvgIpc) is 2.04. The van der Waals surface area contributed by atoms with E-state index < -0.39 is 0 Å². The second kappa shape index (κ2) is 7.55. The molecule has 0 rings (SSSR count). The molecule has 0 heterocycles. The summed E-state index contributed by atoms with van der Waals surface area (Å²) in [5.41, 5.74) is 6.62. The Morgan fingerprint density at radius 1 is 1.62 bits per heavy atom. The highest BCUT2D eigenvalue weighted by Gasteiger charge is 1.95. The van der Waals surface area contributed by atoms with E-state index in [9.17, 15) is 4.79 Å². The van der Waals surface area contributed by atoms with Gasteiger partial charge in [0.05, 0.1) is 0 Å². The number of hydrogen-bond donors (Lipinski definition) is 2. The van der Waals surface area contributed by atoms with Gasteiger partial charge in [0.25, 0.3) is 0 Å². The Bertz CT molecular complexity index is 197. The largest absolute Gasteiger partial charge is 0.356 e. The summed E-state index contributed by atoms with van der Waals surface area (Å²) in [7, 11) is 0. The minimum atomic E-state index is 0.00528. The Morgan fingerprint density at radius 2 is 2.31 bits per heavy atom. The fourth-order valence-electron chi connectivity index (χ4n) is 1.04. The second-order valence-electron chi connectivity index (χ2n) is 2.82. The summed E-state index contributed by atoms with van der Waals surface area (Å²) in [6, 6.07) is 0. The Hall–Kier alpha value is -1.09. The average molecular weight is 182 g/mol. The number of carbonyl (C=O) groups is 1. The number of allylic oxidation sites excluding steroid dienone is 1. The van der Waals surface area contributed by atoms with Gasteiger partial charge in [-0.05, 0) is 12.8 Å². The maximum Gasteiger partial charge on any atom is 0.216 e. The van der Waals surface area contributed by atoms with E-state index in [1.165, 1.54) is 12.5 Å². The second-order valence-corrected chi connectivity index (χ2v) is 2.82. The molecule has 0 radical (unpaired) electrons. The van der Waals surface area contributed by atoms with Gasteiger partial charge in [-0.1, -0.05) is 17.7 Å². The van der Waals surface area contributed by atoms with Crippen LogP contribution < -0.4 is 11.1 Å². The standard InChI is InChI=1S/C10H18N2O/c1-3-4-10(5-7-11)6-8-12-9(2)13/h3,5H,1,4,6-8,11H2,2H3,(H,12,13)/b10-5+. The molecule has 0 unspecified atom stereocenters. The van der Waals surface area contributed by atoms with Crippen molar-refractivity contribution in [2.45, 2.75) is 19.8 Å². The minimum absolute atomic E-state index is 0.00528. The summed E-state index contributed by atoms with van der Waals surface area (Å²) < 4.78 is 0. The molecule has 13 heavy (non-hydrogen) atoms. The van der Waals surface area contributed by atoms with E-state index in [4.69, 9.17) is 5.73 Å². The molecular formula is C10H18N2O. The zero-order chi connectivity index (χ0) is 10.1. The zero-order valence-electron chi connectivity index (χ0n) is 8.18. The Morgan fingerprint density at radius 3 is 2.77 bits per heavy atom. The van der Waals surface area contributed by atoms with Gasteiger partial charge in [-0.2, -0.15) is 0 Å². The van der Waals surface area contributed by atoms with Crippen LogP contribution in [0, 0.1) is 0 Å². The third-order valence-electron chi connectivity index (χ3n) is 1.63.